The molecule has 2 heterocycles. The highest BCUT2D eigenvalue weighted by Crippen LogP contribution is 2.44. The van der Waals surface area contributed by atoms with Crippen molar-refractivity contribution in [3.63, 3.8) is 0 Å². The van der Waals surface area contributed by atoms with Crippen molar-refractivity contribution in [3.05, 3.63) is 29.8 Å². The lowest BCUT2D eigenvalue weighted by Crippen LogP contribution is -2.40. The monoisotopic (exact) mass is 353 g/mol. The Bertz CT molecular complexity index is 707. The van der Waals surface area contributed by atoms with E-state index in [4.69, 9.17) is 4.74 Å². The van der Waals surface area contributed by atoms with Gasteiger partial charge in [-0.25, -0.2) is 8.42 Å². The molecule has 0 radical (unpaired) electrons. The third-order valence-electron chi connectivity index (χ3n) is 5.26. The number of rotatable bonds is 4. The van der Waals surface area contributed by atoms with E-state index in [-0.39, 0.29) is 11.3 Å². The maximum absolute atomic E-state index is 11.7. The van der Waals surface area contributed by atoms with Crippen LogP contribution in [-0.2, 0) is 25.9 Å². The topological polar surface area (TPSA) is 83.9 Å². The summed E-state index contributed by atoms with van der Waals surface area (Å²) in [4.78, 5) is 14.2. The highest BCUT2D eigenvalue weighted by atomic mass is 32.2. The second kappa shape index (κ2) is 6.46. The molecular weight excluding hydrogens is 330 g/mol. The number of ether oxygens (including phenoxy) is 1. The zero-order valence-electron chi connectivity index (χ0n) is 13.8. The molecule has 2 fully saturated rings. The molecule has 0 bridgehead atoms. The molecule has 7 heteroatoms. The number of hydrogen-bond acceptors (Lipinski definition) is 5. The average Bonchev–Trinajstić information content (AvgIpc) is 2.85. The van der Waals surface area contributed by atoms with Gasteiger partial charge in [-0.3, -0.25) is 9.69 Å². The van der Waals surface area contributed by atoms with Crippen LogP contribution in [-0.4, -0.2) is 57.0 Å². The Morgan fingerprint density at radius 3 is 2.46 bits per heavy atom. The first kappa shape index (κ1) is 17.4. The van der Waals surface area contributed by atoms with Crippen LogP contribution in [0.2, 0.25) is 0 Å². The maximum atomic E-state index is 11.7. The van der Waals surface area contributed by atoms with Crippen LogP contribution in [0.4, 0.5) is 0 Å². The Kier molecular flexibility index (Phi) is 4.68. The first-order valence-corrected chi connectivity index (χ1v) is 10.0. The summed E-state index contributed by atoms with van der Waals surface area (Å²) in [6, 6.07) is 6.83. The van der Waals surface area contributed by atoms with Gasteiger partial charge in [-0.2, -0.15) is 0 Å². The molecule has 3 rings (SSSR count). The minimum Gasteiger partial charge on any atom is -0.481 e. The second-order valence-electron chi connectivity index (χ2n) is 6.95. The molecule has 132 valence electrons. The Morgan fingerprint density at radius 1 is 1.29 bits per heavy atom. The zero-order chi connectivity index (χ0) is 17.4. The predicted molar refractivity (Wildman–Crippen MR) is 88.4 cm³/mol. The third kappa shape index (κ3) is 3.48. The van der Waals surface area contributed by atoms with Crippen molar-refractivity contribution in [2.24, 2.45) is 11.3 Å². The van der Waals surface area contributed by atoms with Gasteiger partial charge in [-0.1, -0.05) is 12.1 Å². The number of sulfone groups is 1. The second-order valence-corrected chi connectivity index (χ2v) is 8.97. The summed E-state index contributed by atoms with van der Waals surface area (Å²) in [6.45, 7) is 3.17. The third-order valence-corrected chi connectivity index (χ3v) is 6.39. The van der Waals surface area contributed by atoms with E-state index in [0.29, 0.717) is 31.2 Å². The smallest absolute Gasteiger partial charge is 0.308 e. The summed E-state index contributed by atoms with van der Waals surface area (Å²) in [6.07, 6.45) is 2.76. The van der Waals surface area contributed by atoms with Crippen LogP contribution in [0, 0.1) is 11.3 Å². The van der Waals surface area contributed by atoms with Gasteiger partial charge >= 0.3 is 5.97 Å². The first-order chi connectivity index (χ1) is 11.3. The standard InChI is InChI=1S/C17H23NO5S/c1-24(21,22)14-4-2-13(3-5-14)10-18-11-15(16(19)20)17(12-18)6-8-23-9-7-17/h2-5,15H,6-12H2,1H3,(H,19,20). The van der Waals surface area contributed by atoms with Crippen LogP contribution in [0.1, 0.15) is 18.4 Å². The summed E-state index contributed by atoms with van der Waals surface area (Å²) in [5.74, 6) is -1.09. The molecular formula is C17H23NO5S. The van der Waals surface area contributed by atoms with E-state index in [1.807, 2.05) is 0 Å². The summed E-state index contributed by atoms with van der Waals surface area (Å²) in [5.41, 5.74) is 0.798. The highest BCUT2D eigenvalue weighted by molar-refractivity contribution is 7.90. The van der Waals surface area contributed by atoms with E-state index in [1.54, 1.807) is 24.3 Å². The predicted octanol–water partition coefficient (Wildman–Crippen LogP) is 1.40. The molecule has 1 aromatic carbocycles. The number of hydrogen-bond donors (Lipinski definition) is 1. The molecule has 2 saturated heterocycles. The Labute approximate surface area is 142 Å². The quantitative estimate of drug-likeness (QED) is 0.881. The lowest BCUT2D eigenvalue weighted by molar-refractivity contribution is -0.147. The molecule has 0 aliphatic carbocycles. The number of benzene rings is 1. The molecule has 1 unspecified atom stereocenters. The van der Waals surface area contributed by atoms with Gasteiger partial charge in [-0.15, -0.1) is 0 Å². The molecule has 2 aliphatic rings. The van der Waals surface area contributed by atoms with E-state index in [0.717, 1.165) is 24.9 Å². The number of carboxylic acid groups (broad SMARTS) is 1. The summed E-state index contributed by atoms with van der Waals surface area (Å²) < 4.78 is 28.5. The van der Waals surface area contributed by atoms with Crippen molar-refractivity contribution in [1.82, 2.24) is 4.90 Å². The van der Waals surface area contributed by atoms with Crippen LogP contribution in [0.15, 0.2) is 29.2 Å². The van der Waals surface area contributed by atoms with Gasteiger partial charge < -0.3 is 9.84 Å². The molecule has 1 atom stereocenters. The largest absolute Gasteiger partial charge is 0.481 e. The molecule has 2 aliphatic heterocycles. The number of carbonyl (C=O) groups is 1. The molecule has 1 N–H and O–H groups in total. The first-order valence-electron chi connectivity index (χ1n) is 8.12. The zero-order valence-corrected chi connectivity index (χ0v) is 14.6. The van der Waals surface area contributed by atoms with Gasteiger partial charge in [0.15, 0.2) is 9.84 Å². The maximum Gasteiger partial charge on any atom is 0.308 e. The van der Waals surface area contributed by atoms with Gasteiger partial charge in [0, 0.05) is 44.5 Å². The SMILES string of the molecule is CS(=O)(=O)c1ccc(CN2CC(C(=O)O)C3(CCOCC3)C2)cc1. The van der Waals surface area contributed by atoms with Crippen molar-refractivity contribution in [3.8, 4) is 0 Å². The molecule has 24 heavy (non-hydrogen) atoms. The number of likely N-dealkylation sites (tertiary alicyclic amines) is 1. The summed E-state index contributed by atoms with van der Waals surface area (Å²) in [7, 11) is -3.19. The van der Waals surface area contributed by atoms with Crippen LogP contribution in [0.5, 0.6) is 0 Å². The molecule has 0 aromatic heterocycles. The van der Waals surface area contributed by atoms with Crippen LogP contribution >= 0.6 is 0 Å². The van der Waals surface area contributed by atoms with Gasteiger partial charge in [0.05, 0.1) is 10.8 Å². The van der Waals surface area contributed by atoms with Crippen LogP contribution in [0.3, 0.4) is 0 Å². The van der Waals surface area contributed by atoms with Crippen molar-refractivity contribution in [2.75, 3.05) is 32.6 Å². The van der Waals surface area contributed by atoms with Crippen LogP contribution < -0.4 is 0 Å². The van der Waals surface area contributed by atoms with Gasteiger partial charge in [0.2, 0.25) is 0 Å². The molecule has 1 spiro atoms. The number of carboxylic acids is 1. The summed E-state index contributed by atoms with van der Waals surface area (Å²) in [5, 5.41) is 9.61. The van der Waals surface area contributed by atoms with E-state index in [9.17, 15) is 18.3 Å². The molecule has 1 aromatic rings. The van der Waals surface area contributed by atoms with Crippen molar-refractivity contribution in [1.29, 1.82) is 0 Å². The molecule has 0 amide bonds. The fourth-order valence-corrected chi connectivity index (χ4v) is 4.55. The minimum atomic E-state index is -3.19. The van der Waals surface area contributed by atoms with Crippen molar-refractivity contribution < 1.29 is 23.1 Å². The highest BCUT2D eigenvalue weighted by Gasteiger charge is 2.50. The number of nitrogens with zero attached hydrogens (tertiary/aromatic N) is 1. The Morgan fingerprint density at radius 2 is 1.92 bits per heavy atom. The lowest BCUT2D eigenvalue weighted by Gasteiger charge is -2.36. The fourth-order valence-electron chi connectivity index (χ4n) is 3.92. The van der Waals surface area contributed by atoms with E-state index in [1.165, 1.54) is 6.26 Å². The normalized spacial score (nSPS) is 24.3. The van der Waals surface area contributed by atoms with E-state index < -0.39 is 15.8 Å². The van der Waals surface area contributed by atoms with E-state index in [2.05, 4.69) is 4.90 Å². The molecule has 0 saturated carbocycles. The van der Waals surface area contributed by atoms with Gasteiger partial charge in [-0.05, 0) is 30.5 Å². The van der Waals surface area contributed by atoms with E-state index >= 15 is 0 Å². The van der Waals surface area contributed by atoms with Crippen molar-refractivity contribution >= 4 is 15.8 Å². The van der Waals surface area contributed by atoms with Gasteiger partial charge in [0.1, 0.15) is 0 Å². The Hall–Kier alpha value is -1.44. The lowest BCUT2D eigenvalue weighted by atomic mass is 9.72. The van der Waals surface area contributed by atoms with Crippen LogP contribution in [0.25, 0.3) is 0 Å². The number of aliphatic carboxylic acids is 1. The summed E-state index contributed by atoms with van der Waals surface area (Å²) >= 11 is 0. The van der Waals surface area contributed by atoms with Gasteiger partial charge in [0.25, 0.3) is 0 Å². The minimum absolute atomic E-state index is 0.198. The fraction of sp³-hybridized carbons (Fsp3) is 0.588. The molecule has 6 nitrogen and oxygen atoms in total. The average molecular weight is 353 g/mol. The van der Waals surface area contributed by atoms with Crippen molar-refractivity contribution in [2.45, 2.75) is 24.3 Å². The Balaban J connectivity index is 1.73.